The highest BCUT2D eigenvalue weighted by molar-refractivity contribution is 5.95. The number of methoxy groups -OCH3 is 2. The highest BCUT2D eigenvalue weighted by Gasteiger charge is 2.10. The molecule has 2 rings (SSSR count). The Morgan fingerprint density at radius 3 is 2.48 bits per heavy atom. The van der Waals surface area contributed by atoms with E-state index in [9.17, 15) is 9.59 Å². The van der Waals surface area contributed by atoms with Crippen molar-refractivity contribution in [3.63, 3.8) is 0 Å². The summed E-state index contributed by atoms with van der Waals surface area (Å²) in [6.45, 7) is -0.404. The molecule has 0 saturated heterocycles. The number of carbonyl (C=O) groups is 2. The van der Waals surface area contributed by atoms with Gasteiger partial charge in [-0.3, -0.25) is 4.79 Å². The minimum atomic E-state index is -0.600. The number of ether oxygens (including phenoxy) is 3. The van der Waals surface area contributed by atoms with Gasteiger partial charge >= 0.3 is 5.97 Å². The van der Waals surface area contributed by atoms with Gasteiger partial charge in [0.1, 0.15) is 11.5 Å². The fraction of sp³-hybridized carbons (Fsp3) is 0.158. The maximum absolute atomic E-state index is 12.0. The summed E-state index contributed by atoms with van der Waals surface area (Å²) in [6.07, 6.45) is 2.89. The molecule has 130 valence electrons. The third kappa shape index (κ3) is 5.69. The minimum Gasteiger partial charge on any atom is -0.497 e. The van der Waals surface area contributed by atoms with Gasteiger partial charge in [0, 0.05) is 12.1 Å². The van der Waals surface area contributed by atoms with Crippen LogP contribution in [0.1, 0.15) is 5.56 Å². The molecule has 0 aliphatic heterocycles. The molecule has 0 aliphatic rings. The molecule has 0 heterocycles. The maximum Gasteiger partial charge on any atom is 0.331 e. The van der Waals surface area contributed by atoms with Gasteiger partial charge in [-0.25, -0.2) is 4.79 Å². The Morgan fingerprint density at radius 1 is 1.04 bits per heavy atom. The van der Waals surface area contributed by atoms with Gasteiger partial charge in [0.05, 0.1) is 19.9 Å². The Morgan fingerprint density at radius 2 is 1.80 bits per heavy atom. The van der Waals surface area contributed by atoms with E-state index < -0.39 is 18.5 Å². The topological polar surface area (TPSA) is 73.9 Å². The van der Waals surface area contributed by atoms with Gasteiger partial charge in [0.25, 0.3) is 5.91 Å². The normalized spacial score (nSPS) is 10.3. The minimum absolute atomic E-state index is 0.404. The van der Waals surface area contributed by atoms with Crippen LogP contribution in [0.5, 0.6) is 11.5 Å². The lowest BCUT2D eigenvalue weighted by molar-refractivity contribution is -0.142. The standard InChI is InChI=1S/C19H19NO5/c1-23-15-9-10-17(24-2)16(12-15)20-18(21)13-25-19(22)11-8-14-6-4-3-5-7-14/h3-12H,13H2,1-2H3,(H,20,21)/b11-8+. The van der Waals surface area contributed by atoms with Crippen molar-refractivity contribution < 1.29 is 23.8 Å². The Labute approximate surface area is 146 Å². The van der Waals surface area contributed by atoms with Gasteiger partial charge in [-0.1, -0.05) is 30.3 Å². The third-order valence-electron chi connectivity index (χ3n) is 3.24. The average Bonchev–Trinajstić information content (AvgIpc) is 2.65. The monoisotopic (exact) mass is 341 g/mol. The molecule has 0 radical (unpaired) electrons. The second-order valence-corrected chi connectivity index (χ2v) is 4.97. The number of benzene rings is 2. The summed E-state index contributed by atoms with van der Waals surface area (Å²) < 4.78 is 15.2. The highest BCUT2D eigenvalue weighted by Crippen LogP contribution is 2.28. The van der Waals surface area contributed by atoms with Crippen molar-refractivity contribution in [1.29, 1.82) is 0 Å². The van der Waals surface area contributed by atoms with Crippen LogP contribution in [0.25, 0.3) is 6.08 Å². The smallest absolute Gasteiger partial charge is 0.331 e. The van der Waals surface area contributed by atoms with Crippen LogP contribution in [-0.2, 0) is 14.3 Å². The zero-order chi connectivity index (χ0) is 18.1. The lowest BCUT2D eigenvalue weighted by Crippen LogP contribution is -2.20. The quantitative estimate of drug-likeness (QED) is 0.619. The van der Waals surface area contributed by atoms with Crippen molar-refractivity contribution in [2.24, 2.45) is 0 Å². The summed E-state index contributed by atoms with van der Waals surface area (Å²) in [7, 11) is 3.01. The molecule has 6 heteroatoms. The molecule has 0 aromatic heterocycles. The molecular weight excluding hydrogens is 322 g/mol. The molecule has 1 amide bonds. The fourth-order valence-corrected chi connectivity index (χ4v) is 2.01. The molecule has 2 aromatic rings. The van der Waals surface area contributed by atoms with Gasteiger partial charge in [0.2, 0.25) is 0 Å². The second-order valence-electron chi connectivity index (χ2n) is 4.97. The zero-order valence-electron chi connectivity index (χ0n) is 14.0. The second kappa shape index (κ2) is 9.12. The van der Waals surface area contributed by atoms with Crippen molar-refractivity contribution in [2.45, 2.75) is 0 Å². The summed E-state index contributed by atoms with van der Waals surface area (Å²) in [5.74, 6) is -0.0343. The number of hydrogen-bond acceptors (Lipinski definition) is 5. The highest BCUT2D eigenvalue weighted by atomic mass is 16.5. The Balaban J connectivity index is 1.88. The van der Waals surface area contributed by atoms with Gasteiger partial charge in [-0.2, -0.15) is 0 Å². The largest absolute Gasteiger partial charge is 0.497 e. The van der Waals surface area contributed by atoms with E-state index in [4.69, 9.17) is 14.2 Å². The average molecular weight is 341 g/mol. The van der Waals surface area contributed by atoms with Crippen LogP contribution in [0.4, 0.5) is 5.69 Å². The van der Waals surface area contributed by atoms with E-state index in [2.05, 4.69) is 5.32 Å². The predicted octanol–water partition coefficient (Wildman–Crippen LogP) is 2.90. The van der Waals surface area contributed by atoms with Crippen LogP contribution >= 0.6 is 0 Å². The Kier molecular flexibility index (Phi) is 6.59. The number of rotatable bonds is 7. The first-order chi connectivity index (χ1) is 12.1. The molecule has 6 nitrogen and oxygen atoms in total. The molecule has 0 bridgehead atoms. The summed E-state index contributed by atoms with van der Waals surface area (Å²) in [5, 5.41) is 2.62. The SMILES string of the molecule is COc1ccc(OC)c(NC(=O)COC(=O)/C=C/c2ccccc2)c1. The Hall–Kier alpha value is -3.28. The molecule has 0 saturated carbocycles. The van der Waals surface area contributed by atoms with Gasteiger partial charge in [-0.05, 0) is 23.8 Å². The fourth-order valence-electron chi connectivity index (χ4n) is 2.01. The van der Waals surface area contributed by atoms with Crippen LogP contribution in [0.15, 0.2) is 54.6 Å². The summed E-state index contributed by atoms with van der Waals surface area (Å²) in [4.78, 5) is 23.6. The molecule has 0 atom stereocenters. The van der Waals surface area contributed by atoms with Crippen LogP contribution in [-0.4, -0.2) is 32.7 Å². The summed E-state index contributed by atoms with van der Waals surface area (Å²) in [6, 6.07) is 14.3. The number of hydrogen-bond donors (Lipinski definition) is 1. The zero-order valence-corrected chi connectivity index (χ0v) is 14.0. The number of esters is 1. The molecule has 1 N–H and O–H groups in total. The molecule has 0 aliphatic carbocycles. The van der Waals surface area contributed by atoms with Crippen molar-refractivity contribution in [1.82, 2.24) is 0 Å². The van der Waals surface area contributed by atoms with E-state index in [0.29, 0.717) is 17.2 Å². The van der Waals surface area contributed by atoms with Gasteiger partial charge in [0.15, 0.2) is 6.61 Å². The number of carbonyl (C=O) groups excluding carboxylic acids is 2. The van der Waals surface area contributed by atoms with Crippen LogP contribution in [0, 0.1) is 0 Å². The number of anilines is 1. The van der Waals surface area contributed by atoms with Gasteiger partial charge < -0.3 is 19.5 Å². The molecule has 2 aromatic carbocycles. The van der Waals surface area contributed by atoms with E-state index in [0.717, 1.165) is 5.56 Å². The molecular formula is C19H19NO5. The molecule has 0 spiro atoms. The van der Waals surface area contributed by atoms with Crippen LogP contribution < -0.4 is 14.8 Å². The van der Waals surface area contributed by atoms with E-state index in [1.807, 2.05) is 30.3 Å². The third-order valence-corrected chi connectivity index (χ3v) is 3.24. The first-order valence-electron chi connectivity index (χ1n) is 7.54. The Bertz CT molecular complexity index is 756. The predicted molar refractivity (Wildman–Crippen MR) is 94.6 cm³/mol. The maximum atomic E-state index is 12.0. The van der Waals surface area contributed by atoms with E-state index in [1.54, 1.807) is 24.3 Å². The molecule has 25 heavy (non-hydrogen) atoms. The van der Waals surface area contributed by atoms with Crippen molar-refractivity contribution in [3.8, 4) is 11.5 Å². The number of nitrogens with one attached hydrogen (secondary N) is 1. The van der Waals surface area contributed by atoms with E-state index in [1.165, 1.54) is 20.3 Å². The van der Waals surface area contributed by atoms with E-state index in [-0.39, 0.29) is 0 Å². The number of amides is 1. The molecule has 0 unspecified atom stereocenters. The van der Waals surface area contributed by atoms with Crippen molar-refractivity contribution in [2.75, 3.05) is 26.1 Å². The van der Waals surface area contributed by atoms with E-state index >= 15 is 0 Å². The van der Waals surface area contributed by atoms with Gasteiger partial charge in [-0.15, -0.1) is 0 Å². The lowest BCUT2D eigenvalue weighted by atomic mass is 10.2. The summed E-state index contributed by atoms with van der Waals surface area (Å²) >= 11 is 0. The molecule has 0 fully saturated rings. The summed E-state index contributed by atoms with van der Waals surface area (Å²) in [5.41, 5.74) is 1.30. The van der Waals surface area contributed by atoms with Crippen molar-refractivity contribution >= 4 is 23.6 Å². The first kappa shape index (κ1) is 18.1. The van der Waals surface area contributed by atoms with Crippen molar-refractivity contribution in [3.05, 3.63) is 60.2 Å². The lowest BCUT2D eigenvalue weighted by Gasteiger charge is -2.11. The van der Waals surface area contributed by atoms with Crippen LogP contribution in [0.2, 0.25) is 0 Å². The van der Waals surface area contributed by atoms with Crippen LogP contribution in [0.3, 0.4) is 0 Å². The first-order valence-corrected chi connectivity index (χ1v) is 7.54.